The molecule has 0 amide bonds. The third-order valence-electron chi connectivity index (χ3n) is 1.01. The topological polar surface area (TPSA) is 28.7 Å². The van der Waals surface area contributed by atoms with Gasteiger partial charge in [0.25, 0.3) is 0 Å². The van der Waals surface area contributed by atoms with Crippen LogP contribution in [0.25, 0.3) is 0 Å². The average Bonchev–Trinajstić information content (AvgIpc) is 2.31. The summed E-state index contributed by atoms with van der Waals surface area (Å²) in [6.45, 7) is 1.94. The van der Waals surface area contributed by atoms with Gasteiger partial charge in [-0.2, -0.15) is 0 Å². The quantitative estimate of drug-likeness (QED) is 0.564. The molecule has 1 rings (SSSR count). The predicted molar refractivity (Wildman–Crippen MR) is 44.8 cm³/mol. The van der Waals surface area contributed by atoms with Crippen LogP contribution in [-0.4, -0.2) is 21.6 Å². The SMILES string of the molecule is Cc1ncc(SCCCl)[nH]1. The summed E-state index contributed by atoms with van der Waals surface area (Å²) in [6.07, 6.45) is 1.83. The van der Waals surface area contributed by atoms with Gasteiger partial charge in [0, 0.05) is 11.6 Å². The second kappa shape index (κ2) is 3.88. The molecule has 1 aromatic heterocycles. The van der Waals surface area contributed by atoms with Crippen molar-refractivity contribution in [3.05, 3.63) is 12.0 Å². The molecule has 10 heavy (non-hydrogen) atoms. The molecule has 0 saturated carbocycles. The Bertz CT molecular complexity index is 199. The molecule has 0 fully saturated rings. The van der Waals surface area contributed by atoms with E-state index in [-0.39, 0.29) is 0 Å². The molecule has 0 saturated heterocycles. The lowest BCUT2D eigenvalue weighted by atomic mass is 10.8. The molecule has 0 aliphatic rings. The van der Waals surface area contributed by atoms with Gasteiger partial charge in [-0.3, -0.25) is 0 Å². The number of H-pyrrole nitrogens is 1. The molecule has 0 atom stereocenters. The zero-order valence-electron chi connectivity index (χ0n) is 5.72. The minimum atomic E-state index is 0.683. The predicted octanol–water partition coefficient (Wildman–Crippen LogP) is 2.05. The maximum absolute atomic E-state index is 5.50. The first kappa shape index (κ1) is 7.95. The highest BCUT2D eigenvalue weighted by Crippen LogP contribution is 2.14. The van der Waals surface area contributed by atoms with Crippen molar-refractivity contribution in [3.63, 3.8) is 0 Å². The highest BCUT2D eigenvalue weighted by molar-refractivity contribution is 7.99. The zero-order valence-corrected chi connectivity index (χ0v) is 7.30. The molecule has 0 aliphatic carbocycles. The highest BCUT2D eigenvalue weighted by atomic mass is 35.5. The summed E-state index contributed by atoms with van der Waals surface area (Å²) < 4.78 is 0. The first-order valence-corrected chi connectivity index (χ1v) is 4.55. The molecule has 4 heteroatoms. The van der Waals surface area contributed by atoms with Gasteiger partial charge in [-0.25, -0.2) is 4.98 Å². The van der Waals surface area contributed by atoms with E-state index in [4.69, 9.17) is 11.6 Å². The number of aromatic amines is 1. The largest absolute Gasteiger partial charge is 0.337 e. The third kappa shape index (κ3) is 2.23. The van der Waals surface area contributed by atoms with Gasteiger partial charge in [0.1, 0.15) is 5.82 Å². The summed E-state index contributed by atoms with van der Waals surface area (Å²) >= 11 is 7.19. The van der Waals surface area contributed by atoms with E-state index in [9.17, 15) is 0 Å². The van der Waals surface area contributed by atoms with E-state index in [0.717, 1.165) is 16.6 Å². The molecule has 0 radical (unpaired) electrons. The Labute approximate surface area is 69.4 Å². The number of hydrogen-bond donors (Lipinski definition) is 1. The second-order valence-corrected chi connectivity index (χ2v) is 3.39. The molecule has 0 aliphatic heterocycles. The Morgan fingerprint density at radius 1 is 1.80 bits per heavy atom. The van der Waals surface area contributed by atoms with Crippen molar-refractivity contribution in [3.8, 4) is 0 Å². The van der Waals surface area contributed by atoms with Crippen molar-refractivity contribution in [2.45, 2.75) is 11.9 Å². The van der Waals surface area contributed by atoms with Crippen LogP contribution >= 0.6 is 23.4 Å². The van der Waals surface area contributed by atoms with Gasteiger partial charge < -0.3 is 4.98 Å². The molecule has 0 bridgehead atoms. The van der Waals surface area contributed by atoms with Crippen LogP contribution in [0.15, 0.2) is 11.2 Å². The lowest BCUT2D eigenvalue weighted by Crippen LogP contribution is -1.78. The lowest BCUT2D eigenvalue weighted by Gasteiger charge is -1.90. The van der Waals surface area contributed by atoms with Crippen LogP contribution in [0.2, 0.25) is 0 Å². The van der Waals surface area contributed by atoms with E-state index in [1.807, 2.05) is 13.1 Å². The number of nitrogens with zero attached hydrogens (tertiary/aromatic N) is 1. The van der Waals surface area contributed by atoms with Gasteiger partial charge in [-0.1, -0.05) is 0 Å². The fourth-order valence-corrected chi connectivity index (χ4v) is 1.50. The summed E-state index contributed by atoms with van der Waals surface area (Å²) in [5.74, 6) is 2.57. The Morgan fingerprint density at radius 3 is 3.10 bits per heavy atom. The monoisotopic (exact) mass is 176 g/mol. The van der Waals surface area contributed by atoms with E-state index in [1.165, 1.54) is 0 Å². The van der Waals surface area contributed by atoms with E-state index in [2.05, 4.69) is 9.97 Å². The van der Waals surface area contributed by atoms with E-state index >= 15 is 0 Å². The molecule has 2 nitrogen and oxygen atoms in total. The number of halogens is 1. The van der Waals surface area contributed by atoms with Gasteiger partial charge in [0.15, 0.2) is 0 Å². The molecule has 1 N–H and O–H groups in total. The van der Waals surface area contributed by atoms with Gasteiger partial charge >= 0.3 is 0 Å². The number of imidazole rings is 1. The summed E-state index contributed by atoms with van der Waals surface area (Å²) in [7, 11) is 0. The number of aryl methyl sites for hydroxylation is 1. The Balaban J connectivity index is 2.42. The van der Waals surface area contributed by atoms with Gasteiger partial charge in [0.05, 0.1) is 11.2 Å². The van der Waals surface area contributed by atoms with Crippen molar-refractivity contribution in [2.24, 2.45) is 0 Å². The number of alkyl halides is 1. The molecule has 0 aromatic carbocycles. The molecular formula is C6H9ClN2S. The van der Waals surface area contributed by atoms with Gasteiger partial charge in [0.2, 0.25) is 0 Å². The molecule has 1 aromatic rings. The molecule has 0 spiro atoms. The van der Waals surface area contributed by atoms with Crippen molar-refractivity contribution in [2.75, 3.05) is 11.6 Å². The zero-order chi connectivity index (χ0) is 7.40. The minimum Gasteiger partial charge on any atom is -0.337 e. The maximum Gasteiger partial charge on any atom is 0.103 e. The van der Waals surface area contributed by atoms with E-state index < -0.39 is 0 Å². The smallest absolute Gasteiger partial charge is 0.103 e. The maximum atomic E-state index is 5.50. The number of rotatable bonds is 3. The first-order chi connectivity index (χ1) is 4.83. The van der Waals surface area contributed by atoms with Crippen molar-refractivity contribution < 1.29 is 0 Å². The van der Waals surface area contributed by atoms with Crippen molar-refractivity contribution >= 4 is 23.4 Å². The Morgan fingerprint density at radius 2 is 2.60 bits per heavy atom. The normalized spacial score (nSPS) is 10.2. The summed E-state index contributed by atoms with van der Waals surface area (Å²) in [6, 6.07) is 0. The average molecular weight is 177 g/mol. The minimum absolute atomic E-state index is 0.683. The number of aromatic nitrogens is 2. The van der Waals surface area contributed by atoms with Crippen molar-refractivity contribution in [1.29, 1.82) is 0 Å². The van der Waals surface area contributed by atoms with Gasteiger partial charge in [-0.15, -0.1) is 23.4 Å². The van der Waals surface area contributed by atoms with Crippen LogP contribution in [0.3, 0.4) is 0 Å². The Hall–Kier alpha value is -0.150. The van der Waals surface area contributed by atoms with Gasteiger partial charge in [-0.05, 0) is 6.92 Å². The standard InChI is InChI=1S/C6H9ClN2S/c1-5-8-4-6(9-5)10-3-2-7/h4H,2-3H2,1H3,(H,8,9). The van der Waals surface area contributed by atoms with Crippen LogP contribution in [-0.2, 0) is 0 Å². The fraction of sp³-hybridized carbons (Fsp3) is 0.500. The fourth-order valence-electron chi connectivity index (χ4n) is 0.620. The summed E-state index contributed by atoms with van der Waals surface area (Å²) in [4.78, 5) is 7.15. The van der Waals surface area contributed by atoms with Crippen LogP contribution < -0.4 is 0 Å². The summed E-state index contributed by atoms with van der Waals surface area (Å²) in [5, 5.41) is 1.10. The van der Waals surface area contributed by atoms with E-state index in [1.54, 1.807) is 11.8 Å². The number of hydrogen-bond acceptors (Lipinski definition) is 2. The molecule has 1 heterocycles. The number of nitrogens with one attached hydrogen (secondary N) is 1. The van der Waals surface area contributed by atoms with Crippen LogP contribution in [0, 0.1) is 6.92 Å². The first-order valence-electron chi connectivity index (χ1n) is 3.03. The van der Waals surface area contributed by atoms with E-state index in [0.29, 0.717) is 5.88 Å². The molecule has 56 valence electrons. The van der Waals surface area contributed by atoms with Crippen molar-refractivity contribution in [1.82, 2.24) is 9.97 Å². The molecule has 0 unspecified atom stereocenters. The Kier molecular flexibility index (Phi) is 3.09. The third-order valence-corrected chi connectivity index (χ3v) is 2.35. The van der Waals surface area contributed by atoms with Crippen LogP contribution in [0.1, 0.15) is 5.82 Å². The highest BCUT2D eigenvalue weighted by Gasteiger charge is 1.94. The summed E-state index contributed by atoms with van der Waals surface area (Å²) in [5.41, 5.74) is 0. The lowest BCUT2D eigenvalue weighted by molar-refractivity contribution is 1.10. The number of thioether (sulfide) groups is 1. The van der Waals surface area contributed by atoms with Crippen LogP contribution in [0.4, 0.5) is 0 Å². The van der Waals surface area contributed by atoms with Crippen LogP contribution in [0.5, 0.6) is 0 Å². The molecular weight excluding hydrogens is 168 g/mol. The second-order valence-electron chi connectivity index (χ2n) is 1.87.